The highest BCUT2D eigenvalue weighted by Gasteiger charge is 2.30. The lowest BCUT2D eigenvalue weighted by Crippen LogP contribution is -2.48. The van der Waals surface area contributed by atoms with E-state index >= 15 is 0 Å². The number of nitrogens with two attached hydrogens (primary N) is 1. The highest BCUT2D eigenvalue weighted by molar-refractivity contribution is 5.85. The number of amides is 1. The maximum absolute atomic E-state index is 11.8. The van der Waals surface area contributed by atoms with Crippen molar-refractivity contribution < 1.29 is 14.7 Å². The summed E-state index contributed by atoms with van der Waals surface area (Å²) in [4.78, 5) is 22.6. The molecule has 5 heteroatoms. The van der Waals surface area contributed by atoms with Crippen LogP contribution in [0.25, 0.3) is 0 Å². The molecule has 92 valence electrons. The first-order chi connectivity index (χ1) is 7.56. The summed E-state index contributed by atoms with van der Waals surface area (Å²) in [6, 6.07) is -0.915. The largest absolute Gasteiger partial charge is 0.480 e. The predicted molar refractivity (Wildman–Crippen MR) is 59.8 cm³/mol. The van der Waals surface area contributed by atoms with Crippen LogP contribution in [0.1, 0.15) is 39.0 Å². The van der Waals surface area contributed by atoms with Crippen LogP contribution in [0.15, 0.2) is 0 Å². The molecule has 1 amide bonds. The van der Waals surface area contributed by atoms with Crippen molar-refractivity contribution in [1.82, 2.24) is 5.32 Å². The molecule has 3 atom stereocenters. The molecule has 0 bridgehead atoms. The SMILES string of the molecule is CCC(NC(=O)C1CCCCC1N)C(=O)O. The molecule has 1 rings (SSSR count). The molecule has 0 saturated heterocycles. The van der Waals surface area contributed by atoms with Gasteiger partial charge in [0.05, 0.1) is 5.92 Å². The van der Waals surface area contributed by atoms with Gasteiger partial charge in [-0.15, -0.1) is 0 Å². The maximum Gasteiger partial charge on any atom is 0.326 e. The third-order valence-electron chi connectivity index (χ3n) is 3.18. The van der Waals surface area contributed by atoms with Crippen molar-refractivity contribution in [2.24, 2.45) is 11.7 Å². The number of carbonyl (C=O) groups excluding carboxylic acids is 1. The van der Waals surface area contributed by atoms with Gasteiger partial charge in [0.1, 0.15) is 6.04 Å². The molecule has 0 aromatic heterocycles. The number of hydrogen-bond acceptors (Lipinski definition) is 3. The van der Waals surface area contributed by atoms with Gasteiger partial charge in [-0.2, -0.15) is 0 Å². The Balaban J connectivity index is 2.52. The van der Waals surface area contributed by atoms with Gasteiger partial charge >= 0.3 is 5.97 Å². The molecular formula is C11H20N2O3. The summed E-state index contributed by atoms with van der Waals surface area (Å²) in [7, 11) is 0. The van der Waals surface area contributed by atoms with E-state index in [0.717, 1.165) is 25.7 Å². The first-order valence-electron chi connectivity index (χ1n) is 5.85. The van der Waals surface area contributed by atoms with Crippen molar-refractivity contribution in [3.05, 3.63) is 0 Å². The van der Waals surface area contributed by atoms with Crippen LogP contribution in [0.3, 0.4) is 0 Å². The van der Waals surface area contributed by atoms with Gasteiger partial charge in [-0.25, -0.2) is 4.79 Å². The summed E-state index contributed by atoms with van der Waals surface area (Å²) in [6.45, 7) is 1.74. The summed E-state index contributed by atoms with van der Waals surface area (Å²) < 4.78 is 0. The minimum absolute atomic E-state index is 0.125. The number of rotatable bonds is 4. The number of carbonyl (C=O) groups is 2. The molecule has 0 spiro atoms. The fourth-order valence-electron chi connectivity index (χ4n) is 2.10. The second kappa shape index (κ2) is 5.84. The zero-order valence-corrected chi connectivity index (χ0v) is 9.61. The molecule has 16 heavy (non-hydrogen) atoms. The summed E-state index contributed by atoms with van der Waals surface area (Å²) in [5.74, 6) is -1.41. The van der Waals surface area contributed by atoms with Crippen molar-refractivity contribution in [2.75, 3.05) is 0 Å². The third-order valence-corrected chi connectivity index (χ3v) is 3.18. The molecule has 0 aromatic rings. The van der Waals surface area contributed by atoms with Crippen LogP contribution in [-0.2, 0) is 9.59 Å². The number of hydrogen-bond donors (Lipinski definition) is 3. The average molecular weight is 228 g/mol. The first-order valence-corrected chi connectivity index (χ1v) is 5.85. The van der Waals surface area contributed by atoms with E-state index in [0.29, 0.717) is 6.42 Å². The quantitative estimate of drug-likeness (QED) is 0.652. The summed E-state index contributed by atoms with van der Waals surface area (Å²) in [5, 5.41) is 11.4. The Kier molecular flexibility index (Phi) is 4.73. The molecule has 1 aliphatic rings. The van der Waals surface area contributed by atoms with Crippen molar-refractivity contribution in [3.8, 4) is 0 Å². The van der Waals surface area contributed by atoms with Crippen molar-refractivity contribution >= 4 is 11.9 Å². The molecular weight excluding hydrogens is 208 g/mol. The van der Waals surface area contributed by atoms with Gasteiger partial charge in [-0.05, 0) is 19.3 Å². The van der Waals surface area contributed by atoms with E-state index in [9.17, 15) is 9.59 Å². The zero-order chi connectivity index (χ0) is 12.1. The van der Waals surface area contributed by atoms with Crippen molar-refractivity contribution in [2.45, 2.75) is 51.1 Å². The minimum Gasteiger partial charge on any atom is -0.480 e. The van der Waals surface area contributed by atoms with E-state index in [4.69, 9.17) is 10.8 Å². The molecule has 0 heterocycles. The Labute approximate surface area is 95.4 Å². The van der Waals surface area contributed by atoms with E-state index in [-0.39, 0.29) is 17.9 Å². The van der Waals surface area contributed by atoms with Crippen molar-refractivity contribution in [1.29, 1.82) is 0 Å². The summed E-state index contributed by atoms with van der Waals surface area (Å²) >= 11 is 0. The highest BCUT2D eigenvalue weighted by atomic mass is 16.4. The minimum atomic E-state index is -0.986. The van der Waals surface area contributed by atoms with E-state index in [1.807, 2.05) is 0 Å². The number of aliphatic carboxylic acids is 1. The van der Waals surface area contributed by atoms with Gasteiger partial charge in [-0.3, -0.25) is 4.79 Å². The number of nitrogens with one attached hydrogen (secondary N) is 1. The lowest BCUT2D eigenvalue weighted by atomic mass is 9.84. The van der Waals surface area contributed by atoms with Crippen molar-refractivity contribution in [3.63, 3.8) is 0 Å². The van der Waals surface area contributed by atoms with Gasteiger partial charge in [-0.1, -0.05) is 19.8 Å². The third kappa shape index (κ3) is 3.20. The average Bonchev–Trinajstić information content (AvgIpc) is 2.25. The Morgan fingerprint density at radius 3 is 2.56 bits per heavy atom. The summed E-state index contributed by atoms with van der Waals surface area (Å²) in [6.07, 6.45) is 4.06. The Hall–Kier alpha value is -1.10. The molecule has 5 nitrogen and oxygen atoms in total. The smallest absolute Gasteiger partial charge is 0.326 e. The van der Waals surface area contributed by atoms with Crippen LogP contribution in [-0.4, -0.2) is 29.1 Å². The van der Waals surface area contributed by atoms with Crippen LogP contribution in [0.2, 0.25) is 0 Å². The highest BCUT2D eigenvalue weighted by Crippen LogP contribution is 2.23. The second-order valence-electron chi connectivity index (χ2n) is 4.36. The molecule has 1 aliphatic carbocycles. The molecule has 0 aromatic carbocycles. The monoisotopic (exact) mass is 228 g/mol. The lowest BCUT2D eigenvalue weighted by Gasteiger charge is -2.28. The molecule has 1 fully saturated rings. The first kappa shape index (κ1) is 13.0. The zero-order valence-electron chi connectivity index (χ0n) is 9.61. The lowest BCUT2D eigenvalue weighted by molar-refractivity contribution is -0.142. The van der Waals surface area contributed by atoms with E-state index in [1.165, 1.54) is 0 Å². The fourth-order valence-corrected chi connectivity index (χ4v) is 2.10. The van der Waals surface area contributed by atoms with Crippen LogP contribution in [0, 0.1) is 5.92 Å². The molecule has 0 radical (unpaired) electrons. The van der Waals surface area contributed by atoms with Gasteiger partial charge in [0, 0.05) is 6.04 Å². The topological polar surface area (TPSA) is 92.4 Å². The second-order valence-corrected chi connectivity index (χ2v) is 4.36. The van der Waals surface area contributed by atoms with Gasteiger partial charge in [0.2, 0.25) is 5.91 Å². The molecule has 3 unspecified atom stereocenters. The Morgan fingerprint density at radius 1 is 1.44 bits per heavy atom. The normalized spacial score (nSPS) is 27.1. The van der Waals surface area contributed by atoms with Crippen LogP contribution in [0.5, 0.6) is 0 Å². The van der Waals surface area contributed by atoms with E-state index in [2.05, 4.69) is 5.32 Å². The van der Waals surface area contributed by atoms with Gasteiger partial charge in [0.15, 0.2) is 0 Å². The van der Waals surface area contributed by atoms with E-state index in [1.54, 1.807) is 6.92 Å². The molecule has 0 aliphatic heterocycles. The van der Waals surface area contributed by atoms with Crippen LogP contribution in [0.4, 0.5) is 0 Å². The summed E-state index contributed by atoms with van der Waals surface area (Å²) in [5.41, 5.74) is 5.86. The molecule has 4 N–H and O–H groups in total. The van der Waals surface area contributed by atoms with Gasteiger partial charge in [0.25, 0.3) is 0 Å². The predicted octanol–water partition coefficient (Wildman–Crippen LogP) is 0.483. The maximum atomic E-state index is 11.8. The van der Waals surface area contributed by atoms with Gasteiger partial charge < -0.3 is 16.2 Å². The Bertz CT molecular complexity index is 268. The fraction of sp³-hybridized carbons (Fsp3) is 0.818. The van der Waals surface area contributed by atoms with E-state index < -0.39 is 12.0 Å². The van der Waals surface area contributed by atoms with Crippen LogP contribution < -0.4 is 11.1 Å². The number of carboxylic acids is 1. The Morgan fingerprint density at radius 2 is 2.06 bits per heavy atom. The molecule has 1 saturated carbocycles. The van der Waals surface area contributed by atoms with Crippen LogP contribution >= 0.6 is 0 Å². The standard InChI is InChI=1S/C11H20N2O3/c1-2-9(11(15)16)13-10(14)7-5-3-4-6-8(7)12/h7-9H,2-6,12H2,1H3,(H,13,14)(H,15,16). The number of carboxylic acid groups (broad SMARTS) is 1.